The van der Waals surface area contributed by atoms with Crippen molar-refractivity contribution >= 4 is 5.82 Å². The Hall–Kier alpha value is -2.08. The Kier molecular flexibility index (Phi) is 5.16. The first-order valence-corrected chi connectivity index (χ1v) is 6.70. The van der Waals surface area contributed by atoms with Gasteiger partial charge in [0.25, 0.3) is 0 Å². The van der Waals surface area contributed by atoms with Crippen LogP contribution in [0.3, 0.4) is 0 Å². The maximum Gasteiger partial charge on any atom is 0.157 e. The third-order valence-electron chi connectivity index (χ3n) is 2.81. The highest BCUT2D eigenvalue weighted by molar-refractivity contribution is 5.63. The Labute approximate surface area is 122 Å². The van der Waals surface area contributed by atoms with Gasteiger partial charge < -0.3 is 10.1 Å². The molecule has 2 aromatic rings. The number of hydrogen-bond acceptors (Lipinski definition) is 4. The largest absolute Gasteiger partial charge is 0.377 e. The molecule has 0 radical (unpaired) electrons. The molecule has 4 nitrogen and oxygen atoms in total. The summed E-state index contributed by atoms with van der Waals surface area (Å²) in [6.45, 7) is 3.00. The van der Waals surface area contributed by atoms with Gasteiger partial charge in [0.1, 0.15) is 24.1 Å². The van der Waals surface area contributed by atoms with Crippen LogP contribution in [0.1, 0.15) is 19.2 Å². The van der Waals surface area contributed by atoms with Crippen molar-refractivity contribution in [2.75, 3.05) is 19.0 Å². The van der Waals surface area contributed by atoms with Crippen molar-refractivity contribution in [2.45, 2.75) is 20.0 Å². The maximum absolute atomic E-state index is 13.9. The van der Waals surface area contributed by atoms with E-state index in [2.05, 4.69) is 15.3 Å². The van der Waals surface area contributed by atoms with Crippen LogP contribution < -0.4 is 5.32 Å². The molecule has 0 amide bonds. The van der Waals surface area contributed by atoms with Crippen molar-refractivity contribution in [3.05, 3.63) is 41.7 Å². The van der Waals surface area contributed by atoms with E-state index in [1.54, 1.807) is 6.07 Å². The minimum absolute atomic E-state index is 0.220. The standard InChI is InChI=1S/C15H17F2N3O/c1-3-6-18-14-8-13(19-15(20-14)9-21-2)11-5-4-10(16)7-12(11)17/h4-5,7-8H,3,6,9H2,1-2H3,(H,18,19,20). The second kappa shape index (κ2) is 7.08. The van der Waals surface area contributed by atoms with E-state index in [1.807, 2.05) is 6.92 Å². The molecule has 0 spiro atoms. The Balaban J connectivity index is 2.43. The van der Waals surface area contributed by atoms with Crippen molar-refractivity contribution in [3.63, 3.8) is 0 Å². The highest BCUT2D eigenvalue weighted by Crippen LogP contribution is 2.24. The Morgan fingerprint density at radius 3 is 2.67 bits per heavy atom. The van der Waals surface area contributed by atoms with Crippen LogP contribution in [0.4, 0.5) is 14.6 Å². The van der Waals surface area contributed by atoms with Crippen molar-refractivity contribution in [1.29, 1.82) is 0 Å². The predicted octanol–water partition coefficient (Wildman–Crippen LogP) is 3.39. The third-order valence-corrected chi connectivity index (χ3v) is 2.81. The van der Waals surface area contributed by atoms with Gasteiger partial charge in [-0.2, -0.15) is 0 Å². The van der Waals surface area contributed by atoms with Gasteiger partial charge >= 0.3 is 0 Å². The molecule has 6 heteroatoms. The van der Waals surface area contributed by atoms with Gasteiger partial charge in [-0.15, -0.1) is 0 Å². The number of hydrogen-bond donors (Lipinski definition) is 1. The van der Waals surface area contributed by atoms with E-state index in [9.17, 15) is 8.78 Å². The number of benzene rings is 1. The van der Waals surface area contributed by atoms with Crippen molar-refractivity contribution in [3.8, 4) is 11.3 Å². The lowest BCUT2D eigenvalue weighted by molar-refractivity contribution is 0.178. The Morgan fingerprint density at radius 2 is 2.00 bits per heavy atom. The van der Waals surface area contributed by atoms with Crippen molar-refractivity contribution < 1.29 is 13.5 Å². The molecule has 0 unspecified atom stereocenters. The van der Waals surface area contributed by atoms with Crippen LogP contribution in [0.15, 0.2) is 24.3 Å². The summed E-state index contributed by atoms with van der Waals surface area (Å²) in [6, 6.07) is 5.06. The fraction of sp³-hybridized carbons (Fsp3) is 0.333. The molecule has 1 aromatic carbocycles. The first-order valence-electron chi connectivity index (χ1n) is 6.70. The quantitative estimate of drug-likeness (QED) is 0.887. The van der Waals surface area contributed by atoms with Gasteiger partial charge in [0.15, 0.2) is 5.82 Å². The van der Waals surface area contributed by atoms with Crippen LogP contribution in [0, 0.1) is 11.6 Å². The number of aromatic nitrogens is 2. The number of methoxy groups -OCH3 is 1. The average molecular weight is 293 g/mol. The summed E-state index contributed by atoms with van der Waals surface area (Å²) >= 11 is 0. The number of nitrogens with zero attached hydrogens (tertiary/aromatic N) is 2. The SMILES string of the molecule is CCCNc1cc(-c2ccc(F)cc2F)nc(COC)n1. The molecule has 1 heterocycles. The summed E-state index contributed by atoms with van der Waals surface area (Å²) < 4.78 is 31.9. The molecule has 2 rings (SSSR count). The lowest BCUT2D eigenvalue weighted by Gasteiger charge is -2.10. The monoisotopic (exact) mass is 293 g/mol. The van der Waals surface area contributed by atoms with Crippen LogP contribution >= 0.6 is 0 Å². The maximum atomic E-state index is 13.9. The van der Waals surface area contributed by atoms with Gasteiger partial charge in [0, 0.05) is 31.4 Å². The van der Waals surface area contributed by atoms with Gasteiger partial charge in [-0.25, -0.2) is 18.7 Å². The summed E-state index contributed by atoms with van der Waals surface area (Å²) in [6.07, 6.45) is 0.934. The van der Waals surface area contributed by atoms with Gasteiger partial charge in [-0.1, -0.05) is 6.92 Å². The van der Waals surface area contributed by atoms with Crippen LogP contribution in [-0.2, 0) is 11.3 Å². The van der Waals surface area contributed by atoms with Gasteiger partial charge in [0.2, 0.25) is 0 Å². The van der Waals surface area contributed by atoms with Gasteiger partial charge in [-0.3, -0.25) is 0 Å². The van der Waals surface area contributed by atoms with Crippen molar-refractivity contribution in [2.24, 2.45) is 0 Å². The molecule has 1 aromatic heterocycles. The minimum atomic E-state index is -0.654. The summed E-state index contributed by atoms with van der Waals surface area (Å²) in [5, 5.41) is 3.13. The third kappa shape index (κ3) is 3.95. The summed E-state index contributed by atoms with van der Waals surface area (Å²) in [5.74, 6) is -0.236. The highest BCUT2D eigenvalue weighted by Gasteiger charge is 2.11. The first kappa shape index (κ1) is 15.3. The smallest absolute Gasteiger partial charge is 0.157 e. The highest BCUT2D eigenvalue weighted by atomic mass is 19.1. The van der Waals surface area contributed by atoms with Crippen LogP contribution in [0.2, 0.25) is 0 Å². The zero-order valence-electron chi connectivity index (χ0n) is 12.0. The molecule has 0 aliphatic heterocycles. The van der Waals surface area contributed by atoms with E-state index in [-0.39, 0.29) is 12.2 Å². The molecule has 0 saturated carbocycles. The van der Waals surface area contributed by atoms with E-state index in [4.69, 9.17) is 4.74 Å². The molecule has 0 aliphatic rings. The molecule has 0 atom stereocenters. The number of anilines is 1. The molecule has 0 aliphatic carbocycles. The predicted molar refractivity (Wildman–Crippen MR) is 76.9 cm³/mol. The lowest BCUT2D eigenvalue weighted by atomic mass is 10.1. The van der Waals surface area contributed by atoms with Crippen molar-refractivity contribution in [1.82, 2.24) is 9.97 Å². The molecular formula is C15H17F2N3O. The molecule has 21 heavy (non-hydrogen) atoms. The van der Waals surface area contributed by atoms with Gasteiger partial charge in [0.05, 0.1) is 5.69 Å². The Bertz CT molecular complexity index is 620. The fourth-order valence-electron chi connectivity index (χ4n) is 1.87. The number of halogens is 2. The average Bonchev–Trinajstić information content (AvgIpc) is 2.45. The van der Waals surface area contributed by atoms with Crippen LogP contribution in [-0.4, -0.2) is 23.6 Å². The Morgan fingerprint density at radius 1 is 1.19 bits per heavy atom. The van der Waals surface area contributed by atoms with E-state index in [0.717, 1.165) is 19.0 Å². The molecular weight excluding hydrogens is 276 g/mol. The number of nitrogens with one attached hydrogen (secondary N) is 1. The normalized spacial score (nSPS) is 10.7. The second-order valence-electron chi connectivity index (χ2n) is 4.54. The van der Waals surface area contributed by atoms with Crippen LogP contribution in [0.5, 0.6) is 0 Å². The first-order chi connectivity index (χ1) is 10.1. The molecule has 0 fully saturated rings. The summed E-state index contributed by atoms with van der Waals surface area (Å²) in [5.41, 5.74) is 0.629. The fourth-order valence-corrected chi connectivity index (χ4v) is 1.87. The van der Waals surface area contributed by atoms with Crippen LogP contribution in [0.25, 0.3) is 11.3 Å². The zero-order chi connectivity index (χ0) is 15.2. The topological polar surface area (TPSA) is 47.0 Å². The van der Waals surface area contributed by atoms with E-state index < -0.39 is 11.6 Å². The lowest BCUT2D eigenvalue weighted by Crippen LogP contribution is -2.07. The van der Waals surface area contributed by atoms with E-state index in [0.29, 0.717) is 17.3 Å². The second-order valence-corrected chi connectivity index (χ2v) is 4.54. The minimum Gasteiger partial charge on any atom is -0.377 e. The van der Waals surface area contributed by atoms with Gasteiger partial charge in [-0.05, 0) is 18.6 Å². The zero-order valence-corrected chi connectivity index (χ0v) is 12.0. The number of rotatable bonds is 6. The molecule has 0 bridgehead atoms. The molecule has 1 N–H and O–H groups in total. The molecule has 112 valence electrons. The summed E-state index contributed by atoms with van der Waals surface area (Å²) in [7, 11) is 1.54. The van der Waals surface area contributed by atoms with E-state index >= 15 is 0 Å². The summed E-state index contributed by atoms with van der Waals surface area (Å²) in [4.78, 5) is 8.54. The molecule has 0 saturated heterocycles. The van der Waals surface area contributed by atoms with E-state index in [1.165, 1.54) is 19.2 Å². The number of ether oxygens (including phenoxy) is 1.